The largest absolute Gasteiger partial charge is 0.311 e. The average molecular weight is 823 g/mol. The van der Waals surface area contributed by atoms with Crippen LogP contribution in [0.5, 0.6) is 0 Å². The predicted molar refractivity (Wildman–Crippen MR) is 273 cm³/mol. The number of nitrogens with zero attached hydrogens (tertiary/aromatic N) is 2. The Hall–Kier alpha value is -5.80. The van der Waals surface area contributed by atoms with Crippen molar-refractivity contribution in [1.82, 2.24) is 0 Å². The minimum atomic E-state index is -0.0250. The summed E-state index contributed by atoms with van der Waals surface area (Å²) in [7, 11) is 0. The third-order valence-corrected chi connectivity index (χ3v) is 14.8. The molecule has 0 saturated heterocycles. The first-order valence-corrected chi connectivity index (χ1v) is 23.3. The van der Waals surface area contributed by atoms with Crippen molar-refractivity contribution in [3.63, 3.8) is 0 Å². The zero-order valence-corrected chi connectivity index (χ0v) is 39.7. The molecular formula is C60H63BN2. The van der Waals surface area contributed by atoms with Crippen molar-refractivity contribution in [2.75, 3.05) is 9.80 Å². The van der Waals surface area contributed by atoms with Crippen LogP contribution in [0.25, 0.3) is 22.3 Å². The van der Waals surface area contributed by atoms with Gasteiger partial charge >= 0.3 is 0 Å². The number of aryl methyl sites for hydroxylation is 2. The summed E-state index contributed by atoms with van der Waals surface area (Å²) in [6.07, 6.45) is 2.34. The molecule has 7 aromatic rings. The van der Waals surface area contributed by atoms with Crippen molar-refractivity contribution in [1.29, 1.82) is 0 Å². The number of rotatable bonds is 4. The molecule has 0 spiro atoms. The molecule has 0 amide bonds. The van der Waals surface area contributed by atoms with E-state index in [9.17, 15) is 0 Å². The second kappa shape index (κ2) is 14.4. The van der Waals surface area contributed by atoms with Gasteiger partial charge in [-0.2, -0.15) is 0 Å². The molecule has 63 heavy (non-hydrogen) atoms. The normalized spacial score (nSPS) is 16.0. The summed E-state index contributed by atoms with van der Waals surface area (Å²) in [6, 6.07) is 53.8. The molecule has 10 rings (SSSR count). The minimum absolute atomic E-state index is 0.00329. The lowest BCUT2D eigenvalue weighted by Crippen LogP contribution is -2.62. The fourth-order valence-electron chi connectivity index (χ4n) is 10.9. The Bertz CT molecular complexity index is 2940. The Kier molecular flexibility index (Phi) is 9.40. The Morgan fingerprint density at radius 2 is 0.952 bits per heavy atom. The van der Waals surface area contributed by atoms with Gasteiger partial charge in [0.15, 0.2) is 0 Å². The summed E-state index contributed by atoms with van der Waals surface area (Å²) in [5.74, 6) is 0. The van der Waals surface area contributed by atoms with Crippen molar-refractivity contribution < 1.29 is 0 Å². The SMILES string of the molecule is Cc1cc2c3c(c1)N(c1ccc(C(C)(C)C)cc1-c1ccccc1)c1ccc(C(C)(C)C)cc1B3c1cc3c(cc1N2c1ccc(-c2ccccc2)cc1C)C(C)(C)CCC3(C)C. The molecule has 0 atom stereocenters. The lowest BCUT2D eigenvalue weighted by Gasteiger charge is -2.48. The van der Waals surface area contributed by atoms with E-state index < -0.39 is 0 Å². The highest BCUT2D eigenvalue weighted by Gasteiger charge is 2.47. The van der Waals surface area contributed by atoms with Gasteiger partial charge in [-0.25, -0.2) is 0 Å². The summed E-state index contributed by atoms with van der Waals surface area (Å²) >= 11 is 0. The van der Waals surface area contributed by atoms with Gasteiger partial charge in [0.1, 0.15) is 0 Å². The van der Waals surface area contributed by atoms with Crippen molar-refractivity contribution in [2.45, 2.75) is 118 Å². The lowest BCUT2D eigenvalue weighted by molar-refractivity contribution is 0.332. The van der Waals surface area contributed by atoms with Crippen LogP contribution in [0.4, 0.5) is 34.1 Å². The molecule has 2 heterocycles. The highest BCUT2D eigenvalue weighted by Crippen LogP contribution is 2.52. The zero-order chi connectivity index (χ0) is 44.4. The lowest BCUT2D eigenvalue weighted by atomic mass is 9.33. The van der Waals surface area contributed by atoms with Gasteiger partial charge in [-0.3, -0.25) is 0 Å². The third-order valence-electron chi connectivity index (χ3n) is 14.8. The second-order valence-corrected chi connectivity index (χ2v) is 22.3. The van der Waals surface area contributed by atoms with Gasteiger partial charge in [0.05, 0.1) is 5.69 Å². The van der Waals surface area contributed by atoms with Gasteiger partial charge in [0.2, 0.25) is 0 Å². The van der Waals surface area contributed by atoms with Crippen molar-refractivity contribution in [3.8, 4) is 22.3 Å². The molecule has 3 aliphatic rings. The van der Waals surface area contributed by atoms with Crippen molar-refractivity contribution in [3.05, 3.63) is 173 Å². The average Bonchev–Trinajstić information content (AvgIpc) is 3.24. The van der Waals surface area contributed by atoms with Crippen LogP contribution in [-0.4, -0.2) is 6.71 Å². The Balaban J connectivity index is 1.32. The minimum Gasteiger partial charge on any atom is -0.311 e. The molecule has 0 radical (unpaired) electrons. The molecule has 0 bridgehead atoms. The number of hydrogen-bond acceptors (Lipinski definition) is 2. The monoisotopic (exact) mass is 823 g/mol. The number of anilines is 6. The molecule has 0 N–H and O–H groups in total. The molecular weight excluding hydrogens is 759 g/mol. The van der Waals surface area contributed by atoms with E-state index in [1.807, 2.05) is 0 Å². The maximum Gasteiger partial charge on any atom is 0.252 e. The number of fused-ring (bicyclic) bond motifs is 5. The highest BCUT2D eigenvalue weighted by atomic mass is 15.2. The molecule has 7 aromatic carbocycles. The second-order valence-electron chi connectivity index (χ2n) is 22.3. The van der Waals surface area contributed by atoms with Crippen LogP contribution in [-0.2, 0) is 21.7 Å². The van der Waals surface area contributed by atoms with Gasteiger partial charge in [0.25, 0.3) is 6.71 Å². The Morgan fingerprint density at radius 1 is 0.444 bits per heavy atom. The maximum atomic E-state index is 2.67. The number of hydrogen-bond donors (Lipinski definition) is 0. The summed E-state index contributed by atoms with van der Waals surface area (Å²) in [5.41, 5.74) is 25.0. The van der Waals surface area contributed by atoms with E-state index in [0.29, 0.717) is 0 Å². The molecule has 2 aliphatic heterocycles. The van der Waals surface area contributed by atoms with Gasteiger partial charge < -0.3 is 9.80 Å². The van der Waals surface area contributed by atoms with Crippen molar-refractivity contribution in [2.24, 2.45) is 0 Å². The van der Waals surface area contributed by atoms with Crippen LogP contribution in [0.3, 0.4) is 0 Å². The van der Waals surface area contributed by atoms with Crippen LogP contribution in [0.15, 0.2) is 140 Å². The van der Waals surface area contributed by atoms with Crippen LogP contribution >= 0.6 is 0 Å². The van der Waals surface area contributed by atoms with E-state index in [4.69, 9.17) is 0 Å². The summed E-state index contributed by atoms with van der Waals surface area (Å²) in [6.45, 7) is 28.6. The smallest absolute Gasteiger partial charge is 0.252 e. The van der Waals surface area contributed by atoms with E-state index in [-0.39, 0.29) is 28.4 Å². The fraction of sp³-hybridized carbons (Fsp3) is 0.300. The standard InChI is InChI=1S/C60H63BN2/c1-38-31-54-56-55(32-38)63(51-27-24-43(57(3,4)5)34-45(51)41-21-17-14-18-22-41)52-28-25-44(58(6,7)8)35-48(52)61(56)49-36-46-47(60(11,12)30-29-59(46,9)10)37-53(49)62(54)50-26-23-42(33-39(50)2)40-19-15-13-16-20-40/h13-28,31-37H,29-30H2,1-12H3. The molecule has 0 saturated carbocycles. The molecule has 0 unspecified atom stereocenters. The van der Waals surface area contributed by atoms with E-state index in [1.165, 1.54) is 119 Å². The summed E-state index contributed by atoms with van der Waals surface area (Å²) < 4.78 is 0. The topological polar surface area (TPSA) is 6.48 Å². The molecule has 2 nitrogen and oxygen atoms in total. The summed E-state index contributed by atoms with van der Waals surface area (Å²) in [4.78, 5) is 5.27. The van der Waals surface area contributed by atoms with Gasteiger partial charge in [-0.1, -0.05) is 160 Å². The first-order valence-electron chi connectivity index (χ1n) is 23.3. The zero-order valence-electron chi connectivity index (χ0n) is 39.7. The Labute approximate surface area is 378 Å². The van der Waals surface area contributed by atoms with Crippen LogP contribution in [0.2, 0.25) is 0 Å². The molecule has 0 aromatic heterocycles. The first-order chi connectivity index (χ1) is 29.8. The van der Waals surface area contributed by atoms with Crippen LogP contribution in [0, 0.1) is 13.8 Å². The molecule has 3 heteroatoms. The maximum absolute atomic E-state index is 2.67. The van der Waals surface area contributed by atoms with E-state index >= 15 is 0 Å². The van der Waals surface area contributed by atoms with E-state index in [2.05, 4.69) is 232 Å². The molecule has 0 fully saturated rings. The van der Waals surface area contributed by atoms with E-state index in [1.54, 1.807) is 0 Å². The quantitative estimate of drug-likeness (QED) is 0.163. The van der Waals surface area contributed by atoms with Crippen LogP contribution < -0.4 is 26.2 Å². The highest BCUT2D eigenvalue weighted by molar-refractivity contribution is 7.00. The summed E-state index contributed by atoms with van der Waals surface area (Å²) in [5, 5.41) is 0. The molecule has 1 aliphatic carbocycles. The van der Waals surface area contributed by atoms with Gasteiger partial charge in [-0.05, 0) is 163 Å². The van der Waals surface area contributed by atoms with E-state index in [0.717, 1.165) is 0 Å². The first kappa shape index (κ1) is 41.2. The Morgan fingerprint density at radius 3 is 1.54 bits per heavy atom. The fourth-order valence-corrected chi connectivity index (χ4v) is 10.9. The van der Waals surface area contributed by atoms with Gasteiger partial charge in [-0.15, -0.1) is 0 Å². The third kappa shape index (κ3) is 6.77. The number of benzene rings is 7. The van der Waals surface area contributed by atoms with Crippen molar-refractivity contribution >= 4 is 57.2 Å². The predicted octanol–water partition coefficient (Wildman–Crippen LogP) is 14.7. The van der Waals surface area contributed by atoms with Gasteiger partial charge in [0, 0.05) is 34.0 Å². The van der Waals surface area contributed by atoms with Crippen LogP contribution in [0.1, 0.15) is 115 Å². The molecule has 316 valence electrons.